The number of carbonyl (C=O) groups is 2. The minimum absolute atomic E-state index is 0.0891. The molecule has 1 aromatic heterocycles. The van der Waals surface area contributed by atoms with Crippen molar-refractivity contribution >= 4 is 23.2 Å². The summed E-state index contributed by atoms with van der Waals surface area (Å²) in [6, 6.07) is 12.0. The van der Waals surface area contributed by atoms with Crippen LogP contribution in [0.25, 0.3) is 0 Å². The van der Waals surface area contributed by atoms with Crippen molar-refractivity contribution in [3.8, 4) is 17.2 Å². The molecule has 1 heterocycles. The Morgan fingerprint density at radius 1 is 0.931 bits per heavy atom. The Bertz CT molecular complexity index is 1070. The lowest BCUT2D eigenvalue weighted by atomic mass is 10.1. The van der Waals surface area contributed by atoms with Gasteiger partial charge in [0, 0.05) is 11.3 Å². The normalized spacial score (nSPS) is 11.1. The van der Waals surface area contributed by atoms with Gasteiger partial charge >= 0.3 is 0 Å². The van der Waals surface area contributed by atoms with E-state index in [1.807, 2.05) is 0 Å². The number of hydrogen-bond acceptors (Lipinski definition) is 7. The summed E-state index contributed by atoms with van der Waals surface area (Å²) < 4.78 is 5.04. The summed E-state index contributed by atoms with van der Waals surface area (Å²) in [7, 11) is 0. The molecule has 0 unspecified atom stereocenters. The molecule has 5 N–H and O–H groups in total. The van der Waals surface area contributed by atoms with Gasteiger partial charge in [-0.05, 0) is 48.9 Å². The fourth-order valence-corrected chi connectivity index (χ4v) is 2.42. The van der Waals surface area contributed by atoms with Crippen molar-refractivity contribution in [3.05, 3.63) is 71.7 Å². The van der Waals surface area contributed by atoms with Crippen molar-refractivity contribution in [2.75, 3.05) is 5.32 Å². The number of anilines is 1. The highest BCUT2D eigenvalue weighted by Gasteiger charge is 2.13. The number of benzene rings is 2. The number of phenolic OH excluding ortho intramolecular Hbond substituents is 3. The fraction of sp³-hybridized carbons (Fsp3) is 0.0500. The number of phenols is 3. The smallest absolute Gasteiger partial charge is 0.291 e. The molecule has 0 saturated carbocycles. The van der Waals surface area contributed by atoms with Gasteiger partial charge in [-0.1, -0.05) is 12.1 Å². The number of rotatable bonds is 5. The van der Waals surface area contributed by atoms with E-state index in [1.54, 1.807) is 43.3 Å². The standard InChI is InChI=1S/C20H17N3O6/c1-11(22-23-19(27)13-9-15(24)18(26)16(25)10-13)12-4-2-5-14(8-12)21-20(28)17-6-3-7-29-17/h2-10,24-26H,1H3,(H,21,28)(H,23,27). The third kappa shape index (κ3) is 4.53. The van der Waals surface area contributed by atoms with Gasteiger partial charge in [0.15, 0.2) is 23.0 Å². The number of nitrogens with one attached hydrogen (secondary N) is 2. The lowest BCUT2D eigenvalue weighted by Gasteiger charge is -2.08. The third-order valence-electron chi connectivity index (χ3n) is 3.94. The van der Waals surface area contributed by atoms with Gasteiger partial charge in [-0.2, -0.15) is 5.10 Å². The second-order valence-corrected chi connectivity index (χ2v) is 6.01. The number of carbonyl (C=O) groups excluding carboxylic acids is 2. The number of hydrogen-bond donors (Lipinski definition) is 5. The van der Waals surface area contributed by atoms with E-state index in [0.717, 1.165) is 12.1 Å². The Morgan fingerprint density at radius 3 is 2.31 bits per heavy atom. The Balaban J connectivity index is 1.71. The van der Waals surface area contributed by atoms with E-state index in [9.17, 15) is 24.9 Å². The van der Waals surface area contributed by atoms with Crippen molar-refractivity contribution in [3.63, 3.8) is 0 Å². The molecule has 29 heavy (non-hydrogen) atoms. The molecule has 0 fully saturated rings. The molecule has 2 aromatic carbocycles. The Kier molecular flexibility index (Phi) is 5.49. The van der Waals surface area contributed by atoms with E-state index in [4.69, 9.17) is 4.42 Å². The van der Waals surface area contributed by atoms with Gasteiger partial charge < -0.3 is 25.1 Å². The van der Waals surface area contributed by atoms with Crippen molar-refractivity contribution < 1.29 is 29.3 Å². The van der Waals surface area contributed by atoms with Crippen molar-refractivity contribution in [2.45, 2.75) is 6.92 Å². The first kappa shape index (κ1) is 19.5. The summed E-state index contributed by atoms with van der Waals surface area (Å²) >= 11 is 0. The van der Waals surface area contributed by atoms with Crippen LogP contribution in [0.1, 0.15) is 33.4 Å². The molecule has 0 spiro atoms. The minimum Gasteiger partial charge on any atom is -0.504 e. The average Bonchev–Trinajstić information content (AvgIpc) is 3.25. The molecule has 0 radical (unpaired) electrons. The zero-order valence-corrected chi connectivity index (χ0v) is 15.2. The molecule has 9 heteroatoms. The summed E-state index contributed by atoms with van der Waals surface area (Å²) in [5.74, 6) is -2.89. The molecule has 2 amide bonds. The summed E-state index contributed by atoms with van der Waals surface area (Å²) in [6.45, 7) is 1.65. The summed E-state index contributed by atoms with van der Waals surface area (Å²) in [5.41, 5.74) is 3.80. The highest BCUT2D eigenvalue weighted by molar-refractivity contribution is 6.04. The van der Waals surface area contributed by atoms with Crippen LogP contribution in [0.4, 0.5) is 5.69 Å². The maximum absolute atomic E-state index is 12.2. The first-order valence-corrected chi connectivity index (χ1v) is 8.40. The quantitative estimate of drug-likeness (QED) is 0.255. The van der Waals surface area contributed by atoms with Gasteiger partial charge in [0.1, 0.15) is 0 Å². The number of amides is 2. The van der Waals surface area contributed by atoms with Gasteiger partial charge in [0.25, 0.3) is 11.8 Å². The number of aromatic hydroxyl groups is 3. The predicted molar refractivity (Wildman–Crippen MR) is 104 cm³/mol. The molecule has 0 aliphatic rings. The zero-order valence-electron chi connectivity index (χ0n) is 15.2. The van der Waals surface area contributed by atoms with Gasteiger partial charge in [0.05, 0.1) is 12.0 Å². The van der Waals surface area contributed by atoms with E-state index in [2.05, 4.69) is 15.8 Å². The SMILES string of the molecule is CC(=NNC(=O)c1cc(O)c(O)c(O)c1)c1cccc(NC(=O)c2ccco2)c1. The Morgan fingerprint density at radius 2 is 1.66 bits per heavy atom. The molecule has 3 aromatic rings. The highest BCUT2D eigenvalue weighted by atomic mass is 16.3. The maximum atomic E-state index is 12.2. The largest absolute Gasteiger partial charge is 0.504 e. The third-order valence-corrected chi connectivity index (χ3v) is 3.94. The van der Waals surface area contributed by atoms with Crippen LogP contribution in [0.3, 0.4) is 0 Å². The Hall–Kier alpha value is -4.27. The van der Waals surface area contributed by atoms with Crippen molar-refractivity contribution in [1.29, 1.82) is 0 Å². The summed E-state index contributed by atoms with van der Waals surface area (Å²) in [4.78, 5) is 24.2. The fourth-order valence-electron chi connectivity index (χ4n) is 2.42. The first-order valence-electron chi connectivity index (χ1n) is 8.40. The summed E-state index contributed by atoms with van der Waals surface area (Å²) in [6.07, 6.45) is 1.40. The average molecular weight is 395 g/mol. The van der Waals surface area contributed by atoms with Gasteiger partial charge in [-0.25, -0.2) is 5.43 Å². The lowest BCUT2D eigenvalue weighted by molar-refractivity contribution is 0.0952. The monoisotopic (exact) mass is 395 g/mol. The molecule has 9 nitrogen and oxygen atoms in total. The topological polar surface area (TPSA) is 144 Å². The maximum Gasteiger partial charge on any atom is 0.291 e. The molecule has 0 bridgehead atoms. The van der Waals surface area contributed by atoms with E-state index in [0.29, 0.717) is 17.0 Å². The molecule has 0 aliphatic carbocycles. The Labute approximate surface area is 164 Å². The van der Waals surface area contributed by atoms with Gasteiger partial charge in [-0.3, -0.25) is 9.59 Å². The van der Waals surface area contributed by atoms with E-state index < -0.39 is 29.1 Å². The molecular formula is C20H17N3O6. The van der Waals surface area contributed by atoms with E-state index in [1.165, 1.54) is 6.26 Å². The molecule has 3 rings (SSSR count). The molecule has 148 valence electrons. The van der Waals surface area contributed by atoms with Crippen LogP contribution in [-0.4, -0.2) is 32.8 Å². The van der Waals surface area contributed by atoms with E-state index in [-0.39, 0.29) is 11.3 Å². The van der Waals surface area contributed by atoms with Crippen LogP contribution < -0.4 is 10.7 Å². The van der Waals surface area contributed by atoms with Crippen LogP contribution in [0.5, 0.6) is 17.2 Å². The second kappa shape index (κ2) is 8.17. The zero-order chi connectivity index (χ0) is 21.0. The van der Waals surface area contributed by atoms with Crippen LogP contribution in [0.2, 0.25) is 0 Å². The van der Waals surface area contributed by atoms with E-state index >= 15 is 0 Å². The minimum atomic E-state index is -0.713. The van der Waals surface area contributed by atoms with Crippen LogP contribution >= 0.6 is 0 Å². The molecule has 0 saturated heterocycles. The molecular weight excluding hydrogens is 378 g/mol. The van der Waals surface area contributed by atoms with Crippen LogP contribution in [-0.2, 0) is 0 Å². The summed E-state index contributed by atoms with van der Waals surface area (Å²) in [5, 5.41) is 35.0. The number of hydrazone groups is 1. The number of furan rings is 1. The van der Waals surface area contributed by atoms with Crippen molar-refractivity contribution in [2.24, 2.45) is 5.10 Å². The van der Waals surface area contributed by atoms with Crippen LogP contribution in [0.15, 0.2) is 64.3 Å². The highest BCUT2D eigenvalue weighted by Crippen LogP contribution is 2.35. The van der Waals surface area contributed by atoms with Gasteiger partial charge in [0.2, 0.25) is 0 Å². The molecule has 0 atom stereocenters. The predicted octanol–water partition coefficient (Wildman–Crippen LogP) is 2.80. The first-order chi connectivity index (χ1) is 13.8. The number of nitrogens with zero attached hydrogens (tertiary/aromatic N) is 1. The van der Waals surface area contributed by atoms with Crippen LogP contribution in [0, 0.1) is 0 Å². The van der Waals surface area contributed by atoms with Gasteiger partial charge in [-0.15, -0.1) is 0 Å². The molecule has 0 aliphatic heterocycles. The lowest BCUT2D eigenvalue weighted by Crippen LogP contribution is -2.19. The van der Waals surface area contributed by atoms with Crippen molar-refractivity contribution in [1.82, 2.24) is 5.43 Å². The second-order valence-electron chi connectivity index (χ2n) is 6.01.